The van der Waals surface area contributed by atoms with Crippen LogP contribution in [0.5, 0.6) is 11.5 Å². The summed E-state index contributed by atoms with van der Waals surface area (Å²) in [5, 5.41) is 6.68. The lowest BCUT2D eigenvalue weighted by Crippen LogP contribution is -2.37. The average molecular weight is 513 g/mol. The van der Waals surface area contributed by atoms with E-state index in [-0.39, 0.29) is 24.0 Å². The lowest BCUT2D eigenvalue weighted by atomic mass is 10.1. The van der Waals surface area contributed by atoms with Crippen LogP contribution in [-0.4, -0.2) is 47.0 Å². The molecule has 0 heterocycles. The molecular weight excluding hydrogens is 481 g/mol. The van der Waals surface area contributed by atoms with E-state index in [0.717, 1.165) is 42.4 Å². The molecule has 0 fully saturated rings. The second kappa shape index (κ2) is 14.9. The first-order valence-corrected chi connectivity index (χ1v) is 9.53. The van der Waals surface area contributed by atoms with Crippen LogP contribution in [0, 0.1) is 0 Å². The van der Waals surface area contributed by atoms with Gasteiger partial charge in [-0.05, 0) is 41.8 Å². The molecule has 0 bridgehead atoms. The third kappa shape index (κ3) is 9.85. The van der Waals surface area contributed by atoms with Crippen molar-refractivity contribution >= 4 is 29.9 Å². The van der Waals surface area contributed by atoms with Crippen molar-refractivity contribution in [1.82, 2.24) is 10.6 Å². The molecular formula is C22H32IN3O3. The van der Waals surface area contributed by atoms with Crippen LogP contribution in [0.25, 0.3) is 0 Å². The van der Waals surface area contributed by atoms with Crippen LogP contribution in [0.2, 0.25) is 0 Å². The van der Waals surface area contributed by atoms with Gasteiger partial charge < -0.3 is 24.8 Å². The van der Waals surface area contributed by atoms with Gasteiger partial charge in [-0.3, -0.25) is 4.99 Å². The van der Waals surface area contributed by atoms with Gasteiger partial charge in [-0.15, -0.1) is 24.0 Å². The molecule has 2 rings (SSSR count). The zero-order valence-corrected chi connectivity index (χ0v) is 19.8. The van der Waals surface area contributed by atoms with E-state index in [1.54, 1.807) is 21.3 Å². The molecule has 0 saturated heterocycles. The van der Waals surface area contributed by atoms with Crippen molar-refractivity contribution in [2.45, 2.75) is 19.4 Å². The minimum atomic E-state index is 0. The van der Waals surface area contributed by atoms with E-state index in [9.17, 15) is 0 Å². The Hall–Kier alpha value is -2.00. The van der Waals surface area contributed by atoms with Crippen LogP contribution in [0.15, 0.2) is 53.5 Å². The molecule has 0 aliphatic carbocycles. The number of methoxy groups -OCH3 is 2. The Kier molecular flexibility index (Phi) is 12.9. The fourth-order valence-corrected chi connectivity index (χ4v) is 2.66. The number of aliphatic imine (C=N–C) groups is 1. The maximum atomic E-state index is 5.75. The molecule has 2 aromatic rings. The van der Waals surface area contributed by atoms with E-state index in [1.165, 1.54) is 5.56 Å². The van der Waals surface area contributed by atoms with E-state index >= 15 is 0 Å². The van der Waals surface area contributed by atoms with Gasteiger partial charge in [0.25, 0.3) is 0 Å². The molecule has 160 valence electrons. The first-order chi connectivity index (χ1) is 13.7. The molecule has 0 atom stereocenters. The Morgan fingerprint density at radius 1 is 0.931 bits per heavy atom. The maximum absolute atomic E-state index is 5.75. The number of nitrogens with one attached hydrogen (secondary N) is 2. The molecule has 0 radical (unpaired) electrons. The Balaban J connectivity index is 0.00000420. The first-order valence-electron chi connectivity index (χ1n) is 9.53. The molecule has 0 amide bonds. The summed E-state index contributed by atoms with van der Waals surface area (Å²) in [6.07, 6.45) is 1.79. The molecule has 0 aromatic heterocycles. The van der Waals surface area contributed by atoms with Gasteiger partial charge in [-0.25, -0.2) is 0 Å². The Bertz CT molecular complexity index is 723. The Morgan fingerprint density at radius 3 is 2.41 bits per heavy atom. The van der Waals surface area contributed by atoms with E-state index in [1.807, 2.05) is 30.3 Å². The average Bonchev–Trinajstić information content (AvgIpc) is 2.74. The standard InChI is InChI=1S/C22H31N3O3.HI/c1-23-22(24-13-12-18-8-10-20(27-3)11-9-18)25-17-19-6-4-7-21(16-19)28-15-5-14-26-2;/h4,6-11,16H,5,12-15,17H2,1-3H3,(H2,23,24,25);1H. The van der Waals surface area contributed by atoms with Crippen molar-refractivity contribution in [3.63, 3.8) is 0 Å². The van der Waals surface area contributed by atoms with Gasteiger partial charge in [0, 0.05) is 40.3 Å². The second-order valence-corrected chi connectivity index (χ2v) is 6.29. The highest BCUT2D eigenvalue weighted by atomic mass is 127. The van der Waals surface area contributed by atoms with Crippen LogP contribution in [0.1, 0.15) is 17.5 Å². The number of rotatable bonds is 11. The van der Waals surface area contributed by atoms with Gasteiger partial charge in [0.15, 0.2) is 5.96 Å². The van der Waals surface area contributed by atoms with E-state index in [4.69, 9.17) is 14.2 Å². The molecule has 0 aliphatic heterocycles. The number of guanidine groups is 1. The zero-order valence-electron chi connectivity index (χ0n) is 17.4. The third-order valence-electron chi connectivity index (χ3n) is 4.21. The highest BCUT2D eigenvalue weighted by Crippen LogP contribution is 2.13. The summed E-state index contributed by atoms with van der Waals surface area (Å²) < 4.78 is 16.0. The van der Waals surface area contributed by atoms with Crippen LogP contribution in [0.4, 0.5) is 0 Å². The number of halogens is 1. The van der Waals surface area contributed by atoms with Crippen molar-refractivity contribution in [2.24, 2.45) is 4.99 Å². The Labute approximate surface area is 191 Å². The van der Waals surface area contributed by atoms with Crippen LogP contribution in [0.3, 0.4) is 0 Å². The SMILES string of the molecule is CN=C(NCCc1ccc(OC)cc1)NCc1cccc(OCCCOC)c1.I. The first kappa shape index (κ1) is 25.0. The van der Waals surface area contributed by atoms with Crippen molar-refractivity contribution in [3.05, 3.63) is 59.7 Å². The summed E-state index contributed by atoms with van der Waals surface area (Å²) in [6.45, 7) is 2.84. The van der Waals surface area contributed by atoms with Gasteiger partial charge in [0.2, 0.25) is 0 Å². The van der Waals surface area contributed by atoms with E-state index in [0.29, 0.717) is 19.8 Å². The summed E-state index contributed by atoms with van der Waals surface area (Å²) in [6, 6.07) is 16.2. The topological polar surface area (TPSA) is 64.1 Å². The highest BCUT2D eigenvalue weighted by molar-refractivity contribution is 14.0. The predicted octanol–water partition coefficient (Wildman–Crippen LogP) is 3.64. The maximum Gasteiger partial charge on any atom is 0.191 e. The fraction of sp³-hybridized carbons (Fsp3) is 0.409. The zero-order chi connectivity index (χ0) is 20.0. The molecule has 2 N–H and O–H groups in total. The monoisotopic (exact) mass is 513 g/mol. The molecule has 6 nitrogen and oxygen atoms in total. The number of benzene rings is 2. The highest BCUT2D eigenvalue weighted by Gasteiger charge is 2.01. The molecule has 0 aliphatic rings. The molecule has 0 saturated carbocycles. The van der Waals surface area contributed by atoms with Crippen LogP contribution in [-0.2, 0) is 17.7 Å². The minimum absolute atomic E-state index is 0. The summed E-state index contributed by atoms with van der Waals surface area (Å²) in [5.74, 6) is 2.52. The number of nitrogens with zero attached hydrogens (tertiary/aromatic N) is 1. The number of ether oxygens (including phenoxy) is 3. The quantitative estimate of drug-likeness (QED) is 0.208. The predicted molar refractivity (Wildman–Crippen MR) is 129 cm³/mol. The summed E-state index contributed by atoms with van der Waals surface area (Å²) in [7, 11) is 5.15. The van der Waals surface area contributed by atoms with Crippen LogP contribution < -0.4 is 20.1 Å². The van der Waals surface area contributed by atoms with Gasteiger partial charge in [0.05, 0.1) is 13.7 Å². The van der Waals surface area contributed by atoms with Gasteiger partial charge in [-0.1, -0.05) is 24.3 Å². The second-order valence-electron chi connectivity index (χ2n) is 6.29. The summed E-state index contributed by atoms with van der Waals surface area (Å²) >= 11 is 0. The molecule has 0 unspecified atom stereocenters. The van der Waals surface area contributed by atoms with Gasteiger partial charge in [0.1, 0.15) is 11.5 Å². The van der Waals surface area contributed by atoms with Crippen molar-refractivity contribution in [1.29, 1.82) is 0 Å². The van der Waals surface area contributed by atoms with Crippen LogP contribution >= 0.6 is 24.0 Å². The number of hydrogen-bond donors (Lipinski definition) is 2. The van der Waals surface area contributed by atoms with Gasteiger partial charge >= 0.3 is 0 Å². The lowest BCUT2D eigenvalue weighted by Gasteiger charge is -2.13. The molecule has 2 aromatic carbocycles. The minimum Gasteiger partial charge on any atom is -0.497 e. The molecule has 0 spiro atoms. The molecule has 7 heteroatoms. The third-order valence-corrected chi connectivity index (χ3v) is 4.21. The van der Waals surface area contributed by atoms with Crippen molar-refractivity contribution in [3.8, 4) is 11.5 Å². The summed E-state index contributed by atoms with van der Waals surface area (Å²) in [4.78, 5) is 4.28. The van der Waals surface area contributed by atoms with E-state index < -0.39 is 0 Å². The van der Waals surface area contributed by atoms with Crippen molar-refractivity contribution in [2.75, 3.05) is 41.0 Å². The smallest absolute Gasteiger partial charge is 0.191 e. The number of hydrogen-bond acceptors (Lipinski definition) is 4. The lowest BCUT2D eigenvalue weighted by molar-refractivity contribution is 0.172. The van der Waals surface area contributed by atoms with Gasteiger partial charge in [-0.2, -0.15) is 0 Å². The Morgan fingerprint density at radius 2 is 1.72 bits per heavy atom. The molecule has 29 heavy (non-hydrogen) atoms. The summed E-state index contributed by atoms with van der Waals surface area (Å²) in [5.41, 5.74) is 2.39. The van der Waals surface area contributed by atoms with Crippen molar-refractivity contribution < 1.29 is 14.2 Å². The normalized spacial score (nSPS) is 10.8. The fourth-order valence-electron chi connectivity index (χ4n) is 2.66. The largest absolute Gasteiger partial charge is 0.497 e. The van der Waals surface area contributed by atoms with E-state index in [2.05, 4.69) is 33.8 Å².